The molecule has 86 valence electrons. The van der Waals surface area contributed by atoms with Gasteiger partial charge in [-0.15, -0.1) is 0 Å². The van der Waals surface area contributed by atoms with Gasteiger partial charge < -0.3 is 5.11 Å². The second kappa shape index (κ2) is 3.98. The molecule has 1 aromatic carbocycles. The van der Waals surface area contributed by atoms with E-state index in [0.717, 1.165) is 4.47 Å². The van der Waals surface area contributed by atoms with Crippen molar-refractivity contribution in [2.75, 3.05) is 6.61 Å². The molecule has 16 heavy (non-hydrogen) atoms. The number of hydrogen-bond acceptors (Lipinski definition) is 3. The molecule has 0 saturated heterocycles. The summed E-state index contributed by atoms with van der Waals surface area (Å²) in [7, 11) is -3.41. The molecule has 0 bridgehead atoms. The van der Waals surface area contributed by atoms with Gasteiger partial charge in [0.15, 0.2) is 0 Å². The number of aliphatic hydroxyl groups is 1. The summed E-state index contributed by atoms with van der Waals surface area (Å²) in [6, 6.07) is 5.08. The summed E-state index contributed by atoms with van der Waals surface area (Å²) in [6.45, 7) is 1.53. The average molecular weight is 303 g/mol. The van der Waals surface area contributed by atoms with Crippen LogP contribution >= 0.6 is 15.9 Å². The molecule has 0 aliphatic carbocycles. The van der Waals surface area contributed by atoms with E-state index in [-0.39, 0.29) is 17.4 Å². The lowest BCUT2D eigenvalue weighted by atomic mass is 10.1. The maximum absolute atomic E-state index is 12.1. The maximum Gasteiger partial charge on any atom is 0.203 e. The Labute approximate surface area is 103 Å². The molecule has 0 spiro atoms. The Morgan fingerprint density at radius 1 is 1.44 bits per heavy atom. The second-order valence-corrected chi connectivity index (χ2v) is 6.56. The van der Waals surface area contributed by atoms with Crippen LogP contribution in [0.25, 0.3) is 6.08 Å². The average Bonchev–Trinajstić information content (AvgIpc) is 2.52. The van der Waals surface area contributed by atoms with Crippen LogP contribution in [0.1, 0.15) is 12.5 Å². The molecular weight excluding hydrogens is 292 g/mol. The van der Waals surface area contributed by atoms with Crippen LogP contribution < -0.4 is 0 Å². The summed E-state index contributed by atoms with van der Waals surface area (Å²) in [6.07, 6.45) is 1.63. The molecule has 1 unspecified atom stereocenters. The zero-order valence-corrected chi connectivity index (χ0v) is 11.0. The summed E-state index contributed by atoms with van der Waals surface area (Å²) in [5.74, 6) is -0.371. The Morgan fingerprint density at radius 2 is 2.12 bits per heavy atom. The Kier molecular flexibility index (Phi) is 2.94. The number of fused-ring (bicyclic) bond motifs is 1. The minimum Gasteiger partial charge on any atom is -0.396 e. The molecule has 0 amide bonds. The fourth-order valence-electron chi connectivity index (χ4n) is 1.74. The van der Waals surface area contributed by atoms with E-state index in [1.54, 1.807) is 31.2 Å². The van der Waals surface area contributed by atoms with Crippen molar-refractivity contribution in [1.82, 2.24) is 0 Å². The van der Waals surface area contributed by atoms with Crippen molar-refractivity contribution in [2.45, 2.75) is 11.8 Å². The molecule has 0 aromatic heterocycles. The van der Waals surface area contributed by atoms with Gasteiger partial charge in [0, 0.05) is 16.0 Å². The molecule has 2 rings (SSSR count). The van der Waals surface area contributed by atoms with Gasteiger partial charge in [0.05, 0.1) is 16.4 Å². The van der Waals surface area contributed by atoms with Gasteiger partial charge in [-0.05, 0) is 18.2 Å². The molecule has 1 aliphatic heterocycles. The number of rotatable bonds is 2. The van der Waals surface area contributed by atoms with Crippen LogP contribution in [-0.4, -0.2) is 20.1 Å². The molecule has 1 aliphatic rings. The summed E-state index contributed by atoms with van der Waals surface area (Å²) < 4.78 is 25.0. The summed E-state index contributed by atoms with van der Waals surface area (Å²) in [5, 5.41) is 9.06. The molecule has 1 atom stereocenters. The molecule has 5 heteroatoms. The fraction of sp³-hybridized carbons (Fsp3) is 0.273. The first kappa shape index (κ1) is 11.8. The molecule has 1 heterocycles. The standard InChI is InChI=1S/C11H11BrO3S/c1-7(6-13)11-5-8-9(12)3-2-4-10(8)16(11,14)15/h2-5,7,13H,6H2,1H3. The largest absolute Gasteiger partial charge is 0.396 e. The topological polar surface area (TPSA) is 54.4 Å². The summed E-state index contributed by atoms with van der Waals surface area (Å²) in [5.41, 5.74) is 0.679. The van der Waals surface area contributed by atoms with Gasteiger partial charge in [-0.3, -0.25) is 0 Å². The van der Waals surface area contributed by atoms with Gasteiger partial charge in [-0.2, -0.15) is 0 Å². The first-order chi connectivity index (χ1) is 7.48. The van der Waals surface area contributed by atoms with Crippen molar-refractivity contribution in [3.63, 3.8) is 0 Å². The van der Waals surface area contributed by atoms with E-state index in [9.17, 15) is 8.42 Å². The lowest BCUT2D eigenvalue weighted by Crippen LogP contribution is -2.11. The molecule has 3 nitrogen and oxygen atoms in total. The number of halogens is 1. The van der Waals surface area contributed by atoms with Gasteiger partial charge in [-0.1, -0.05) is 28.9 Å². The fourth-order valence-corrected chi connectivity index (χ4v) is 4.19. The van der Waals surface area contributed by atoms with Crippen LogP contribution in [0.3, 0.4) is 0 Å². The molecule has 0 saturated carbocycles. The Balaban J connectivity index is 2.66. The Morgan fingerprint density at radius 3 is 2.69 bits per heavy atom. The second-order valence-electron chi connectivity index (χ2n) is 3.79. The third-order valence-corrected chi connectivity index (χ3v) is 5.43. The summed E-state index contributed by atoms with van der Waals surface area (Å²) >= 11 is 3.33. The zero-order chi connectivity index (χ0) is 11.9. The third kappa shape index (κ3) is 1.63. The van der Waals surface area contributed by atoms with Crippen molar-refractivity contribution < 1.29 is 13.5 Å². The minimum atomic E-state index is -3.41. The van der Waals surface area contributed by atoms with E-state index in [1.165, 1.54) is 0 Å². The summed E-state index contributed by atoms with van der Waals surface area (Å²) in [4.78, 5) is 0.606. The highest BCUT2D eigenvalue weighted by Crippen LogP contribution is 2.39. The lowest BCUT2D eigenvalue weighted by Gasteiger charge is -2.08. The van der Waals surface area contributed by atoms with E-state index in [1.807, 2.05) is 0 Å². The predicted octanol–water partition coefficient (Wildman–Crippen LogP) is 2.21. The highest BCUT2D eigenvalue weighted by Gasteiger charge is 2.33. The molecule has 0 fully saturated rings. The van der Waals surface area contributed by atoms with Gasteiger partial charge in [0.1, 0.15) is 0 Å². The maximum atomic E-state index is 12.1. The SMILES string of the molecule is CC(CO)C1=Cc2c(Br)cccc2S1(=O)=O. The normalized spacial score (nSPS) is 19.1. The lowest BCUT2D eigenvalue weighted by molar-refractivity contribution is 0.260. The van der Waals surface area contributed by atoms with E-state index in [4.69, 9.17) is 5.11 Å². The van der Waals surface area contributed by atoms with Crippen LogP contribution in [0.2, 0.25) is 0 Å². The van der Waals surface area contributed by atoms with Crippen LogP contribution in [0.15, 0.2) is 32.5 Å². The van der Waals surface area contributed by atoms with E-state index >= 15 is 0 Å². The monoisotopic (exact) mass is 302 g/mol. The van der Waals surface area contributed by atoms with Gasteiger partial charge in [0.25, 0.3) is 0 Å². The van der Waals surface area contributed by atoms with Gasteiger partial charge in [0.2, 0.25) is 9.84 Å². The number of aliphatic hydroxyl groups excluding tert-OH is 1. The first-order valence-electron chi connectivity index (χ1n) is 4.84. The first-order valence-corrected chi connectivity index (χ1v) is 7.12. The highest BCUT2D eigenvalue weighted by atomic mass is 79.9. The van der Waals surface area contributed by atoms with E-state index < -0.39 is 9.84 Å². The number of benzene rings is 1. The van der Waals surface area contributed by atoms with Crippen LogP contribution in [0.5, 0.6) is 0 Å². The zero-order valence-electron chi connectivity index (χ0n) is 8.64. The van der Waals surface area contributed by atoms with Crippen molar-refractivity contribution in [3.8, 4) is 0 Å². The van der Waals surface area contributed by atoms with Crippen molar-refractivity contribution in [2.24, 2.45) is 5.92 Å². The Bertz CT molecular complexity index is 561. The van der Waals surface area contributed by atoms with E-state index in [2.05, 4.69) is 15.9 Å². The smallest absolute Gasteiger partial charge is 0.203 e. The van der Waals surface area contributed by atoms with Crippen molar-refractivity contribution in [1.29, 1.82) is 0 Å². The molecule has 0 radical (unpaired) electrons. The number of sulfone groups is 1. The minimum absolute atomic E-state index is 0.170. The van der Waals surface area contributed by atoms with Gasteiger partial charge in [-0.25, -0.2) is 8.42 Å². The molecule has 1 N–H and O–H groups in total. The van der Waals surface area contributed by atoms with Gasteiger partial charge >= 0.3 is 0 Å². The molecular formula is C11H11BrO3S. The third-order valence-electron chi connectivity index (χ3n) is 2.66. The van der Waals surface area contributed by atoms with Crippen molar-refractivity contribution in [3.05, 3.63) is 33.1 Å². The van der Waals surface area contributed by atoms with Crippen LogP contribution in [-0.2, 0) is 9.84 Å². The van der Waals surface area contributed by atoms with Crippen LogP contribution in [0, 0.1) is 5.92 Å². The molecule has 1 aromatic rings. The quantitative estimate of drug-likeness (QED) is 0.911. The van der Waals surface area contributed by atoms with Crippen molar-refractivity contribution >= 4 is 31.8 Å². The predicted molar refractivity (Wildman–Crippen MR) is 65.6 cm³/mol. The van der Waals surface area contributed by atoms with E-state index in [0.29, 0.717) is 10.5 Å². The Hall–Kier alpha value is -0.650. The van der Waals surface area contributed by atoms with Crippen LogP contribution in [0.4, 0.5) is 0 Å². The number of hydrogen-bond donors (Lipinski definition) is 1. The highest BCUT2D eigenvalue weighted by molar-refractivity contribution is 9.10.